The maximum absolute atomic E-state index is 13.2. The second-order valence-corrected chi connectivity index (χ2v) is 8.41. The highest BCUT2D eigenvalue weighted by molar-refractivity contribution is 6.00. The molecular formula is C26H27FN2O3. The Balaban J connectivity index is 1.39. The first kappa shape index (κ1) is 22.0. The first-order valence-electron chi connectivity index (χ1n) is 10.8. The molecule has 3 aromatic carbocycles. The van der Waals surface area contributed by atoms with Gasteiger partial charge in [0.15, 0.2) is 12.9 Å². The zero-order valence-electron chi connectivity index (χ0n) is 18.3. The van der Waals surface area contributed by atoms with Crippen molar-refractivity contribution in [1.29, 1.82) is 0 Å². The lowest BCUT2D eigenvalue weighted by atomic mass is 10.0. The number of hydrogen-bond acceptors (Lipinski definition) is 4. The Morgan fingerprint density at radius 1 is 1.03 bits per heavy atom. The Morgan fingerprint density at radius 2 is 1.78 bits per heavy atom. The quantitative estimate of drug-likeness (QED) is 0.543. The van der Waals surface area contributed by atoms with E-state index >= 15 is 0 Å². The summed E-state index contributed by atoms with van der Waals surface area (Å²) in [4.78, 5) is 28.8. The van der Waals surface area contributed by atoms with Crippen molar-refractivity contribution in [1.82, 2.24) is 9.80 Å². The van der Waals surface area contributed by atoms with Crippen LogP contribution in [-0.4, -0.2) is 53.8 Å². The number of hydrogen-bond donors (Lipinski definition) is 0. The summed E-state index contributed by atoms with van der Waals surface area (Å²) < 4.78 is 19.0. The number of ether oxygens (including phenoxy) is 1. The fourth-order valence-corrected chi connectivity index (χ4v) is 4.34. The summed E-state index contributed by atoms with van der Waals surface area (Å²) >= 11 is 0. The van der Waals surface area contributed by atoms with E-state index in [-0.39, 0.29) is 30.4 Å². The standard InChI is InChI=1S/C26H27FN2O3/c1-18-14-29(19(2)13-28(18)15-20-7-10-22(27)11-8-20)26(31)17-32-25-12-9-21-5-3-4-6-23(21)24(25)16-30/h3-12,16,18-19H,13-15,17H2,1-2H3/t18-,19+/m0/s1. The fraction of sp³-hybridized carbons (Fsp3) is 0.308. The van der Waals surface area contributed by atoms with Crippen LogP contribution < -0.4 is 4.74 Å². The second-order valence-electron chi connectivity index (χ2n) is 8.41. The molecule has 0 radical (unpaired) electrons. The average Bonchev–Trinajstić information content (AvgIpc) is 2.80. The summed E-state index contributed by atoms with van der Waals surface area (Å²) in [6.07, 6.45) is 0.779. The highest BCUT2D eigenvalue weighted by Crippen LogP contribution is 2.27. The molecule has 1 aliphatic heterocycles. The third-order valence-electron chi connectivity index (χ3n) is 6.13. The van der Waals surface area contributed by atoms with Crippen LogP contribution in [0.2, 0.25) is 0 Å². The van der Waals surface area contributed by atoms with Crippen LogP contribution in [0, 0.1) is 5.82 Å². The van der Waals surface area contributed by atoms with Crippen molar-refractivity contribution in [3.8, 4) is 5.75 Å². The predicted molar refractivity (Wildman–Crippen MR) is 122 cm³/mol. The Morgan fingerprint density at radius 3 is 2.53 bits per heavy atom. The minimum absolute atomic E-state index is 0.0184. The minimum Gasteiger partial charge on any atom is -0.483 e. The molecule has 1 fully saturated rings. The Labute approximate surface area is 187 Å². The summed E-state index contributed by atoms with van der Waals surface area (Å²) in [7, 11) is 0. The van der Waals surface area contributed by atoms with E-state index in [1.165, 1.54) is 12.1 Å². The van der Waals surface area contributed by atoms with Crippen molar-refractivity contribution < 1.29 is 18.7 Å². The summed E-state index contributed by atoms with van der Waals surface area (Å²) in [5, 5.41) is 1.76. The number of nitrogens with zero attached hydrogens (tertiary/aromatic N) is 2. The largest absolute Gasteiger partial charge is 0.483 e. The Kier molecular flexibility index (Phi) is 6.51. The van der Waals surface area contributed by atoms with Gasteiger partial charge < -0.3 is 9.64 Å². The molecule has 0 bridgehead atoms. The third kappa shape index (κ3) is 4.65. The Hall–Kier alpha value is -3.25. The smallest absolute Gasteiger partial charge is 0.260 e. The Bertz CT molecular complexity index is 1120. The molecular weight excluding hydrogens is 407 g/mol. The van der Waals surface area contributed by atoms with Gasteiger partial charge in [0.25, 0.3) is 5.91 Å². The number of piperazine rings is 1. The lowest BCUT2D eigenvalue weighted by Crippen LogP contribution is -2.58. The number of aldehydes is 1. The van der Waals surface area contributed by atoms with Crippen molar-refractivity contribution in [3.05, 3.63) is 77.6 Å². The van der Waals surface area contributed by atoms with Crippen LogP contribution >= 0.6 is 0 Å². The molecule has 166 valence electrons. The molecule has 0 aromatic heterocycles. The van der Waals surface area contributed by atoms with Crippen LogP contribution in [0.3, 0.4) is 0 Å². The summed E-state index contributed by atoms with van der Waals surface area (Å²) in [5.74, 6) is 0.0771. The lowest BCUT2D eigenvalue weighted by molar-refractivity contribution is -0.139. The molecule has 0 aliphatic carbocycles. The van der Waals surface area contributed by atoms with E-state index in [4.69, 9.17) is 4.74 Å². The van der Waals surface area contributed by atoms with E-state index in [9.17, 15) is 14.0 Å². The topological polar surface area (TPSA) is 49.9 Å². The second kappa shape index (κ2) is 9.49. The van der Waals surface area contributed by atoms with Gasteiger partial charge in [0, 0.05) is 31.7 Å². The van der Waals surface area contributed by atoms with E-state index in [0.717, 1.165) is 29.2 Å². The van der Waals surface area contributed by atoms with E-state index in [0.29, 0.717) is 24.4 Å². The highest BCUT2D eigenvalue weighted by atomic mass is 19.1. The van der Waals surface area contributed by atoms with E-state index in [1.54, 1.807) is 18.2 Å². The molecule has 1 heterocycles. The van der Waals surface area contributed by atoms with Gasteiger partial charge in [-0.05, 0) is 48.4 Å². The van der Waals surface area contributed by atoms with Crippen LogP contribution in [0.5, 0.6) is 5.75 Å². The van der Waals surface area contributed by atoms with Crippen LogP contribution in [0.25, 0.3) is 10.8 Å². The third-order valence-corrected chi connectivity index (χ3v) is 6.13. The predicted octanol–water partition coefficient (Wildman–Crippen LogP) is 4.29. The molecule has 1 amide bonds. The number of amides is 1. The monoisotopic (exact) mass is 434 g/mol. The first-order chi connectivity index (χ1) is 15.5. The maximum Gasteiger partial charge on any atom is 0.260 e. The van der Waals surface area contributed by atoms with Gasteiger partial charge in [-0.2, -0.15) is 0 Å². The normalized spacial score (nSPS) is 19.2. The van der Waals surface area contributed by atoms with Gasteiger partial charge in [-0.3, -0.25) is 14.5 Å². The van der Waals surface area contributed by atoms with Crippen molar-refractivity contribution in [2.24, 2.45) is 0 Å². The molecule has 0 unspecified atom stereocenters. The van der Waals surface area contributed by atoms with Crippen molar-refractivity contribution >= 4 is 23.0 Å². The summed E-state index contributed by atoms with van der Waals surface area (Å²) in [6, 6.07) is 18.0. The SMILES string of the molecule is C[C@@H]1CN(Cc2ccc(F)cc2)[C@@H](C)CN1C(=O)COc1ccc2ccccc2c1C=O. The minimum atomic E-state index is -0.241. The number of benzene rings is 3. The van der Waals surface area contributed by atoms with Gasteiger partial charge in [-0.15, -0.1) is 0 Å². The van der Waals surface area contributed by atoms with E-state index in [1.807, 2.05) is 42.2 Å². The maximum atomic E-state index is 13.2. The number of carbonyl (C=O) groups is 2. The first-order valence-corrected chi connectivity index (χ1v) is 10.8. The van der Waals surface area contributed by atoms with E-state index < -0.39 is 0 Å². The van der Waals surface area contributed by atoms with Gasteiger partial charge in [-0.25, -0.2) is 4.39 Å². The van der Waals surface area contributed by atoms with Crippen molar-refractivity contribution in [3.63, 3.8) is 0 Å². The molecule has 32 heavy (non-hydrogen) atoms. The zero-order valence-corrected chi connectivity index (χ0v) is 18.3. The fourth-order valence-electron chi connectivity index (χ4n) is 4.34. The number of halogens is 1. The van der Waals surface area contributed by atoms with Gasteiger partial charge in [0.2, 0.25) is 0 Å². The highest BCUT2D eigenvalue weighted by Gasteiger charge is 2.32. The zero-order chi connectivity index (χ0) is 22.7. The van der Waals surface area contributed by atoms with E-state index in [2.05, 4.69) is 11.8 Å². The average molecular weight is 435 g/mol. The van der Waals surface area contributed by atoms with Crippen LogP contribution in [-0.2, 0) is 11.3 Å². The number of fused-ring (bicyclic) bond motifs is 1. The molecule has 1 saturated heterocycles. The summed E-state index contributed by atoms with van der Waals surface area (Å²) in [6.45, 7) is 6.01. The van der Waals surface area contributed by atoms with Crippen LogP contribution in [0.4, 0.5) is 4.39 Å². The number of rotatable bonds is 6. The molecule has 2 atom stereocenters. The molecule has 0 saturated carbocycles. The molecule has 4 rings (SSSR count). The molecule has 3 aromatic rings. The number of carbonyl (C=O) groups excluding carboxylic acids is 2. The van der Waals surface area contributed by atoms with Gasteiger partial charge in [0.1, 0.15) is 11.6 Å². The van der Waals surface area contributed by atoms with Gasteiger partial charge in [-0.1, -0.05) is 42.5 Å². The molecule has 0 spiro atoms. The van der Waals surface area contributed by atoms with Crippen LogP contribution in [0.15, 0.2) is 60.7 Å². The van der Waals surface area contributed by atoms with Crippen LogP contribution in [0.1, 0.15) is 29.8 Å². The van der Waals surface area contributed by atoms with Crippen molar-refractivity contribution in [2.75, 3.05) is 19.7 Å². The molecule has 6 heteroatoms. The lowest BCUT2D eigenvalue weighted by Gasteiger charge is -2.44. The van der Waals surface area contributed by atoms with Crippen molar-refractivity contribution in [2.45, 2.75) is 32.5 Å². The molecule has 1 aliphatic rings. The molecule has 5 nitrogen and oxygen atoms in total. The molecule has 0 N–H and O–H groups in total. The van der Waals surface area contributed by atoms with Gasteiger partial charge in [0.05, 0.1) is 5.56 Å². The summed E-state index contributed by atoms with van der Waals surface area (Å²) in [5.41, 5.74) is 1.51. The van der Waals surface area contributed by atoms with Gasteiger partial charge >= 0.3 is 0 Å².